The Morgan fingerprint density at radius 2 is 2.00 bits per heavy atom. The zero-order chi connectivity index (χ0) is 9.47. The molecule has 0 atom stereocenters. The van der Waals surface area contributed by atoms with Gasteiger partial charge in [0.15, 0.2) is 0 Å². The second kappa shape index (κ2) is 2.49. The molecule has 0 N–H and O–H groups in total. The molecule has 0 saturated carbocycles. The van der Waals surface area contributed by atoms with Crippen LogP contribution in [0.5, 0.6) is 0 Å². The van der Waals surface area contributed by atoms with Crippen molar-refractivity contribution in [1.82, 2.24) is 14.4 Å². The number of benzene rings is 1. The van der Waals surface area contributed by atoms with Crippen molar-refractivity contribution in [2.24, 2.45) is 0 Å². The number of nitrogens with zero attached hydrogens (tertiary/aromatic N) is 3. The standard InChI is InChI=1S/C6H4FN3O2S/c7-13(11,12)10-6-4-2-1-3-5(6)8-9-10/h1-4H. The largest absolute Gasteiger partial charge is 0.420 e. The van der Waals surface area contributed by atoms with Gasteiger partial charge < -0.3 is 0 Å². The number of halogens is 1. The number of para-hydroxylation sites is 1. The molecule has 0 unspecified atom stereocenters. The Labute approximate surface area is 73.1 Å². The van der Waals surface area contributed by atoms with Crippen LogP contribution in [0.2, 0.25) is 0 Å². The van der Waals surface area contributed by atoms with Gasteiger partial charge in [-0.1, -0.05) is 16.0 Å². The van der Waals surface area contributed by atoms with Crippen LogP contribution in [0.25, 0.3) is 11.0 Å². The van der Waals surface area contributed by atoms with Gasteiger partial charge in [-0.05, 0) is 17.3 Å². The summed E-state index contributed by atoms with van der Waals surface area (Å²) in [6.07, 6.45) is 0. The molecule has 1 heterocycles. The molecule has 1 aromatic heterocycles. The Hall–Kier alpha value is -1.50. The fourth-order valence-electron chi connectivity index (χ4n) is 1.01. The molecule has 0 radical (unpaired) electrons. The molecule has 0 aliphatic carbocycles. The molecule has 0 amide bonds. The molecule has 7 heteroatoms. The molecule has 0 saturated heterocycles. The Balaban J connectivity index is 2.87. The van der Waals surface area contributed by atoms with Gasteiger partial charge in [0.1, 0.15) is 11.0 Å². The van der Waals surface area contributed by atoms with E-state index in [1.54, 1.807) is 18.2 Å². The fourth-order valence-corrected chi connectivity index (χ4v) is 1.52. The van der Waals surface area contributed by atoms with Gasteiger partial charge in [-0.3, -0.25) is 0 Å². The first kappa shape index (κ1) is 8.11. The molecule has 0 spiro atoms. The summed E-state index contributed by atoms with van der Waals surface area (Å²) in [5, 5.41) is 6.65. The van der Waals surface area contributed by atoms with E-state index in [2.05, 4.69) is 10.3 Å². The lowest BCUT2D eigenvalue weighted by Gasteiger charge is -1.92. The lowest BCUT2D eigenvalue weighted by molar-refractivity contribution is 0.533. The van der Waals surface area contributed by atoms with Crippen LogP contribution in [0.1, 0.15) is 0 Å². The average molecular weight is 201 g/mol. The van der Waals surface area contributed by atoms with Crippen molar-refractivity contribution < 1.29 is 12.3 Å². The van der Waals surface area contributed by atoms with E-state index in [9.17, 15) is 12.3 Å². The van der Waals surface area contributed by atoms with Gasteiger partial charge >= 0.3 is 10.4 Å². The first-order valence-electron chi connectivity index (χ1n) is 3.34. The molecule has 2 rings (SSSR count). The zero-order valence-electron chi connectivity index (χ0n) is 6.25. The third-order valence-corrected chi connectivity index (χ3v) is 2.21. The van der Waals surface area contributed by atoms with Crippen LogP contribution in [0.15, 0.2) is 24.3 Å². The molecule has 5 nitrogen and oxygen atoms in total. The number of fused-ring (bicyclic) bond motifs is 1. The van der Waals surface area contributed by atoms with Crippen LogP contribution in [0.4, 0.5) is 3.89 Å². The van der Waals surface area contributed by atoms with Gasteiger partial charge in [0.25, 0.3) is 0 Å². The Morgan fingerprint density at radius 3 is 2.69 bits per heavy atom. The van der Waals surface area contributed by atoms with Gasteiger partial charge in [0.05, 0.1) is 0 Å². The summed E-state index contributed by atoms with van der Waals surface area (Å²) in [6.45, 7) is 0. The fraction of sp³-hybridized carbons (Fsp3) is 0. The minimum atomic E-state index is -4.84. The van der Waals surface area contributed by atoms with Gasteiger partial charge in [-0.2, -0.15) is 8.42 Å². The van der Waals surface area contributed by atoms with Gasteiger partial charge in [-0.25, -0.2) is 0 Å². The van der Waals surface area contributed by atoms with E-state index in [1.165, 1.54) is 6.07 Å². The minimum Gasteiger partial charge on any atom is -0.169 e. The van der Waals surface area contributed by atoms with E-state index in [0.29, 0.717) is 5.52 Å². The molecule has 1 aromatic carbocycles. The monoisotopic (exact) mass is 201 g/mol. The summed E-state index contributed by atoms with van der Waals surface area (Å²) in [5.41, 5.74) is 0.466. The zero-order valence-corrected chi connectivity index (χ0v) is 7.07. The highest BCUT2D eigenvalue weighted by Crippen LogP contribution is 2.12. The number of hydrogen-bond donors (Lipinski definition) is 0. The van der Waals surface area contributed by atoms with Crippen LogP contribution in [-0.4, -0.2) is 22.8 Å². The summed E-state index contributed by atoms with van der Waals surface area (Å²) < 4.78 is 33.8. The van der Waals surface area contributed by atoms with Crippen LogP contribution in [0.3, 0.4) is 0 Å². The molecule has 0 fully saturated rings. The first-order chi connectivity index (χ1) is 6.09. The Morgan fingerprint density at radius 1 is 1.31 bits per heavy atom. The third-order valence-electron chi connectivity index (χ3n) is 1.53. The van der Waals surface area contributed by atoms with E-state index in [1.807, 2.05) is 0 Å². The lowest BCUT2D eigenvalue weighted by Crippen LogP contribution is -2.07. The van der Waals surface area contributed by atoms with Crippen molar-refractivity contribution in [3.63, 3.8) is 0 Å². The van der Waals surface area contributed by atoms with Crippen molar-refractivity contribution >= 4 is 21.4 Å². The smallest absolute Gasteiger partial charge is 0.169 e. The second-order valence-electron chi connectivity index (χ2n) is 2.36. The van der Waals surface area contributed by atoms with Crippen molar-refractivity contribution in [1.29, 1.82) is 0 Å². The Kier molecular flexibility index (Phi) is 1.56. The first-order valence-corrected chi connectivity index (χ1v) is 4.69. The number of hydrogen-bond acceptors (Lipinski definition) is 4. The van der Waals surface area contributed by atoms with Crippen molar-refractivity contribution in [3.8, 4) is 0 Å². The predicted octanol–water partition coefficient (Wildman–Crippen LogP) is 0.494. The van der Waals surface area contributed by atoms with E-state index in [-0.39, 0.29) is 9.60 Å². The van der Waals surface area contributed by atoms with Gasteiger partial charge in [-0.15, -0.1) is 9.19 Å². The highest BCUT2D eigenvalue weighted by Gasteiger charge is 2.15. The topological polar surface area (TPSA) is 64.8 Å². The van der Waals surface area contributed by atoms with Crippen LogP contribution < -0.4 is 0 Å². The van der Waals surface area contributed by atoms with Gasteiger partial charge in [0.2, 0.25) is 0 Å². The molecular weight excluding hydrogens is 197 g/mol. The van der Waals surface area contributed by atoms with Crippen molar-refractivity contribution in [2.75, 3.05) is 0 Å². The molecule has 2 aromatic rings. The van der Waals surface area contributed by atoms with Crippen LogP contribution >= 0.6 is 0 Å². The SMILES string of the molecule is O=S(=O)(F)n1nnc2ccccc21. The maximum atomic E-state index is 12.5. The summed E-state index contributed by atoms with van der Waals surface area (Å²) in [6, 6.07) is 6.20. The van der Waals surface area contributed by atoms with E-state index < -0.39 is 10.4 Å². The maximum Gasteiger partial charge on any atom is 0.420 e. The van der Waals surface area contributed by atoms with E-state index in [4.69, 9.17) is 0 Å². The summed E-state index contributed by atoms with van der Waals surface area (Å²) in [7, 11) is -4.84. The predicted molar refractivity (Wildman–Crippen MR) is 43.0 cm³/mol. The molecule has 68 valence electrons. The highest BCUT2D eigenvalue weighted by atomic mass is 32.3. The quantitative estimate of drug-likeness (QED) is 0.630. The lowest BCUT2D eigenvalue weighted by atomic mass is 10.3. The molecular formula is C6H4FN3O2S. The number of rotatable bonds is 1. The average Bonchev–Trinajstić information content (AvgIpc) is 2.45. The minimum absolute atomic E-state index is 0.130. The molecule has 13 heavy (non-hydrogen) atoms. The normalized spacial score (nSPS) is 12.1. The highest BCUT2D eigenvalue weighted by molar-refractivity contribution is 7.84. The van der Waals surface area contributed by atoms with Crippen molar-refractivity contribution in [2.45, 2.75) is 0 Å². The molecule has 0 aliphatic heterocycles. The maximum absolute atomic E-state index is 12.5. The van der Waals surface area contributed by atoms with E-state index >= 15 is 0 Å². The van der Waals surface area contributed by atoms with Crippen molar-refractivity contribution in [3.05, 3.63) is 24.3 Å². The molecule has 0 aliphatic rings. The molecule has 0 bridgehead atoms. The summed E-state index contributed by atoms with van der Waals surface area (Å²) in [5.74, 6) is 0. The third kappa shape index (κ3) is 1.26. The summed E-state index contributed by atoms with van der Waals surface area (Å²) >= 11 is 0. The van der Waals surface area contributed by atoms with E-state index in [0.717, 1.165) is 0 Å². The van der Waals surface area contributed by atoms with Gasteiger partial charge in [0, 0.05) is 0 Å². The Bertz CT molecular complexity index is 548. The van der Waals surface area contributed by atoms with Crippen LogP contribution in [0, 0.1) is 0 Å². The summed E-state index contributed by atoms with van der Waals surface area (Å²) in [4.78, 5) is 0. The second-order valence-corrected chi connectivity index (χ2v) is 3.53. The van der Waals surface area contributed by atoms with Crippen LogP contribution in [-0.2, 0) is 10.4 Å². The number of aromatic nitrogens is 3.